The molecule has 0 bridgehead atoms. The first-order valence-corrected chi connectivity index (χ1v) is 2.38. The number of alkyl halides is 1. The molecule has 4 nitrogen and oxygen atoms in total. The van der Waals surface area contributed by atoms with E-state index in [1.54, 1.807) is 5.32 Å². The molecule has 0 aliphatic rings. The van der Waals surface area contributed by atoms with Crippen LogP contribution in [0.5, 0.6) is 0 Å². The number of hydrogen-bond acceptors (Lipinski definition) is 2. The minimum atomic E-state index is -1.50. The van der Waals surface area contributed by atoms with Crippen LogP contribution in [0.4, 0.5) is 9.18 Å². The lowest BCUT2D eigenvalue weighted by molar-refractivity contribution is 0.163. The van der Waals surface area contributed by atoms with Gasteiger partial charge >= 0.3 is 6.09 Å². The lowest BCUT2D eigenvalue weighted by Gasteiger charge is -2.01. The van der Waals surface area contributed by atoms with Crippen LogP contribution in [-0.4, -0.2) is 35.6 Å². The summed E-state index contributed by atoms with van der Waals surface area (Å²) in [7, 11) is 0. The highest BCUT2D eigenvalue weighted by Crippen LogP contribution is 1.83. The van der Waals surface area contributed by atoms with Crippen LogP contribution < -0.4 is 5.32 Å². The zero-order valence-corrected chi connectivity index (χ0v) is 4.67. The first kappa shape index (κ1) is 8.16. The molecular formula is C4H8FNO3. The lowest BCUT2D eigenvalue weighted by atomic mass is 10.4. The van der Waals surface area contributed by atoms with Gasteiger partial charge in [-0.15, -0.1) is 0 Å². The first-order valence-electron chi connectivity index (χ1n) is 2.38. The Morgan fingerprint density at radius 1 is 1.78 bits per heavy atom. The van der Waals surface area contributed by atoms with Gasteiger partial charge in [0, 0.05) is 0 Å². The Morgan fingerprint density at radius 2 is 2.33 bits per heavy atom. The number of nitrogens with one attached hydrogen (secondary N) is 1. The number of hydrogen-bond donors (Lipinski definition) is 3. The molecule has 0 aromatic carbocycles. The molecule has 0 fully saturated rings. The highest BCUT2D eigenvalue weighted by molar-refractivity contribution is 5.64. The summed E-state index contributed by atoms with van der Waals surface area (Å²) >= 11 is 0. The topological polar surface area (TPSA) is 69.6 Å². The van der Waals surface area contributed by atoms with Gasteiger partial charge in [0.15, 0.2) is 0 Å². The number of aliphatic hydroxyl groups is 1. The highest BCUT2D eigenvalue weighted by atomic mass is 19.1. The Hall–Kier alpha value is -0.840. The van der Waals surface area contributed by atoms with Crippen LogP contribution >= 0.6 is 0 Å². The number of aliphatic hydroxyl groups excluding tert-OH is 1. The van der Waals surface area contributed by atoms with E-state index in [0.717, 1.165) is 0 Å². The van der Waals surface area contributed by atoms with E-state index in [0.29, 0.717) is 0 Å². The smallest absolute Gasteiger partial charge is 0.404 e. The van der Waals surface area contributed by atoms with Crippen LogP contribution in [0.15, 0.2) is 0 Å². The van der Waals surface area contributed by atoms with Crippen LogP contribution in [0.3, 0.4) is 0 Å². The molecule has 0 unspecified atom stereocenters. The van der Waals surface area contributed by atoms with Crippen molar-refractivity contribution in [2.24, 2.45) is 0 Å². The van der Waals surface area contributed by atoms with Gasteiger partial charge in [0.05, 0.1) is 13.2 Å². The van der Waals surface area contributed by atoms with Crippen molar-refractivity contribution in [2.45, 2.75) is 6.17 Å². The minimum absolute atomic E-state index is 0.355. The molecule has 0 rings (SSSR count). The molecule has 0 aromatic rings. The summed E-state index contributed by atoms with van der Waals surface area (Å²) in [6, 6.07) is 0. The molecule has 1 atom stereocenters. The zero-order valence-electron chi connectivity index (χ0n) is 4.67. The average molecular weight is 137 g/mol. The third-order valence-corrected chi connectivity index (χ3v) is 0.673. The van der Waals surface area contributed by atoms with E-state index in [1.807, 2.05) is 0 Å². The molecule has 9 heavy (non-hydrogen) atoms. The largest absolute Gasteiger partial charge is 0.465 e. The fourth-order valence-corrected chi connectivity index (χ4v) is 0.263. The van der Waals surface area contributed by atoms with Crippen LogP contribution in [-0.2, 0) is 0 Å². The Kier molecular flexibility index (Phi) is 3.70. The number of carbonyl (C=O) groups is 1. The molecule has 0 heterocycles. The van der Waals surface area contributed by atoms with Gasteiger partial charge in [0.25, 0.3) is 0 Å². The van der Waals surface area contributed by atoms with Crippen LogP contribution in [0.2, 0.25) is 0 Å². The molecule has 0 spiro atoms. The van der Waals surface area contributed by atoms with Crippen molar-refractivity contribution in [1.82, 2.24) is 5.32 Å². The molecule has 0 aliphatic heterocycles. The summed E-state index contributed by atoms with van der Waals surface area (Å²) in [5.74, 6) is 0. The SMILES string of the molecule is O=C(O)NC[C@H](F)CO. The second kappa shape index (κ2) is 4.08. The normalized spacial score (nSPS) is 12.7. The number of rotatable bonds is 3. The molecule has 0 saturated heterocycles. The summed E-state index contributed by atoms with van der Waals surface area (Å²) in [4.78, 5) is 9.66. The monoisotopic (exact) mass is 137 g/mol. The molecule has 0 saturated carbocycles. The van der Waals surface area contributed by atoms with Crippen molar-refractivity contribution in [3.63, 3.8) is 0 Å². The van der Waals surface area contributed by atoms with Gasteiger partial charge in [0.1, 0.15) is 6.17 Å². The van der Waals surface area contributed by atoms with Crippen LogP contribution in [0.1, 0.15) is 0 Å². The Bertz CT molecular complexity index is 97.8. The predicted octanol–water partition coefficient (Wildman–Crippen LogP) is -0.416. The summed E-state index contributed by atoms with van der Waals surface area (Å²) in [5, 5.41) is 17.7. The van der Waals surface area contributed by atoms with E-state index in [4.69, 9.17) is 10.2 Å². The second-order valence-corrected chi connectivity index (χ2v) is 1.47. The van der Waals surface area contributed by atoms with Crippen molar-refractivity contribution >= 4 is 6.09 Å². The third kappa shape index (κ3) is 5.02. The van der Waals surface area contributed by atoms with Gasteiger partial charge in [-0.05, 0) is 0 Å². The molecule has 1 amide bonds. The lowest BCUT2D eigenvalue weighted by Crippen LogP contribution is -2.30. The quantitative estimate of drug-likeness (QED) is 0.495. The molecule has 0 radical (unpaired) electrons. The van der Waals surface area contributed by atoms with Gasteiger partial charge in [0.2, 0.25) is 0 Å². The summed E-state index contributed by atoms with van der Waals surface area (Å²) < 4.78 is 11.9. The number of halogens is 1. The summed E-state index contributed by atoms with van der Waals surface area (Å²) in [6.07, 6.45) is -2.78. The maximum atomic E-state index is 11.9. The van der Waals surface area contributed by atoms with Gasteiger partial charge in [-0.1, -0.05) is 0 Å². The fraction of sp³-hybridized carbons (Fsp3) is 0.750. The average Bonchev–Trinajstić information content (AvgIpc) is 1.83. The van der Waals surface area contributed by atoms with E-state index in [-0.39, 0.29) is 6.54 Å². The summed E-state index contributed by atoms with van der Waals surface area (Å²) in [5.41, 5.74) is 0. The first-order chi connectivity index (χ1) is 4.16. The fourth-order valence-electron chi connectivity index (χ4n) is 0.263. The Balaban J connectivity index is 3.16. The number of carboxylic acid groups (broad SMARTS) is 1. The predicted molar refractivity (Wildman–Crippen MR) is 28.0 cm³/mol. The second-order valence-electron chi connectivity index (χ2n) is 1.47. The third-order valence-electron chi connectivity index (χ3n) is 0.673. The minimum Gasteiger partial charge on any atom is -0.465 e. The molecule has 0 aliphatic carbocycles. The molecule has 0 aromatic heterocycles. The van der Waals surface area contributed by atoms with Crippen molar-refractivity contribution in [1.29, 1.82) is 0 Å². The van der Waals surface area contributed by atoms with Gasteiger partial charge < -0.3 is 15.5 Å². The summed E-state index contributed by atoms with van der Waals surface area (Å²) in [6.45, 7) is -1.01. The van der Waals surface area contributed by atoms with E-state index in [9.17, 15) is 9.18 Å². The van der Waals surface area contributed by atoms with Gasteiger partial charge in [-0.2, -0.15) is 0 Å². The van der Waals surface area contributed by atoms with E-state index >= 15 is 0 Å². The van der Waals surface area contributed by atoms with Gasteiger partial charge in [-0.3, -0.25) is 0 Å². The van der Waals surface area contributed by atoms with Crippen molar-refractivity contribution in [3.05, 3.63) is 0 Å². The van der Waals surface area contributed by atoms with Crippen LogP contribution in [0.25, 0.3) is 0 Å². The molecular weight excluding hydrogens is 129 g/mol. The van der Waals surface area contributed by atoms with Crippen molar-refractivity contribution in [2.75, 3.05) is 13.2 Å². The Morgan fingerprint density at radius 3 is 2.67 bits per heavy atom. The standard InChI is InChI=1S/C4H8FNO3/c5-3(2-7)1-6-4(8)9/h3,6-7H,1-2H2,(H,8,9)/t3-/m0/s1. The van der Waals surface area contributed by atoms with E-state index in [1.165, 1.54) is 0 Å². The van der Waals surface area contributed by atoms with E-state index < -0.39 is 18.9 Å². The molecule has 5 heteroatoms. The maximum Gasteiger partial charge on any atom is 0.404 e. The van der Waals surface area contributed by atoms with Crippen LogP contribution in [0, 0.1) is 0 Å². The highest BCUT2D eigenvalue weighted by Gasteiger charge is 2.04. The maximum absolute atomic E-state index is 11.9. The van der Waals surface area contributed by atoms with Gasteiger partial charge in [-0.25, -0.2) is 9.18 Å². The van der Waals surface area contributed by atoms with Crippen molar-refractivity contribution in [3.8, 4) is 0 Å². The van der Waals surface area contributed by atoms with E-state index in [2.05, 4.69) is 0 Å². The van der Waals surface area contributed by atoms with Crippen molar-refractivity contribution < 1.29 is 19.4 Å². The zero-order chi connectivity index (χ0) is 7.28. The number of amides is 1. The molecule has 54 valence electrons. The Labute approximate surface area is 51.3 Å². The molecule has 3 N–H and O–H groups in total.